The van der Waals surface area contributed by atoms with Crippen LogP contribution in [0.4, 0.5) is 16.4 Å². The fraction of sp³-hybridized carbons (Fsp3) is 0.405. The third-order valence-corrected chi connectivity index (χ3v) is 9.06. The number of carbonyl (C=O) groups excluding carboxylic acids is 1. The zero-order valence-corrected chi connectivity index (χ0v) is 28.6. The van der Waals surface area contributed by atoms with Crippen molar-refractivity contribution in [1.29, 1.82) is 0 Å². The van der Waals surface area contributed by atoms with E-state index in [0.717, 1.165) is 78.7 Å². The van der Waals surface area contributed by atoms with Crippen molar-refractivity contribution in [2.75, 3.05) is 38.1 Å². The summed E-state index contributed by atoms with van der Waals surface area (Å²) in [5.41, 5.74) is 11.5. The monoisotopic (exact) mass is 649 g/mol. The summed E-state index contributed by atoms with van der Waals surface area (Å²) >= 11 is 0. The summed E-state index contributed by atoms with van der Waals surface area (Å²) in [7, 11) is 2.16. The number of rotatable bonds is 6. The molecular weight excluding hydrogens is 602 g/mol. The molecule has 1 fully saturated rings. The third kappa shape index (κ3) is 7.79. The van der Waals surface area contributed by atoms with Gasteiger partial charge in [-0.25, -0.2) is 9.79 Å². The van der Waals surface area contributed by atoms with Gasteiger partial charge in [0, 0.05) is 36.8 Å². The van der Waals surface area contributed by atoms with Gasteiger partial charge in [-0.05, 0) is 75.2 Å². The number of pyridine rings is 1. The van der Waals surface area contributed by atoms with Crippen molar-refractivity contribution in [1.82, 2.24) is 30.1 Å². The van der Waals surface area contributed by atoms with Crippen molar-refractivity contribution in [2.45, 2.75) is 59.1 Å². The molecule has 0 radical (unpaired) electrons. The Balaban J connectivity index is 1.18. The van der Waals surface area contributed by atoms with Gasteiger partial charge in [0.1, 0.15) is 17.7 Å². The van der Waals surface area contributed by atoms with Gasteiger partial charge in [-0.2, -0.15) is 0 Å². The molecule has 1 aliphatic heterocycles. The lowest BCUT2D eigenvalue weighted by Gasteiger charge is -2.32. The van der Waals surface area contributed by atoms with E-state index in [-0.39, 0.29) is 23.6 Å². The predicted molar refractivity (Wildman–Crippen MR) is 191 cm³/mol. The van der Waals surface area contributed by atoms with Crippen molar-refractivity contribution in [3.05, 3.63) is 95.3 Å². The summed E-state index contributed by atoms with van der Waals surface area (Å²) in [5.74, 6) is 1.97. The van der Waals surface area contributed by atoms with Crippen LogP contribution in [-0.4, -0.2) is 64.6 Å². The maximum atomic E-state index is 13.5. The molecule has 1 aliphatic carbocycles. The highest BCUT2D eigenvalue weighted by Gasteiger charge is 2.30. The molecule has 11 nitrogen and oxygen atoms in total. The molecule has 1 saturated heterocycles. The van der Waals surface area contributed by atoms with Gasteiger partial charge in [0.15, 0.2) is 5.65 Å². The van der Waals surface area contributed by atoms with E-state index in [9.17, 15) is 4.79 Å². The first-order valence-electron chi connectivity index (χ1n) is 16.8. The first-order chi connectivity index (χ1) is 23.0. The number of aryl methyl sites for hydroxylation is 1. The van der Waals surface area contributed by atoms with Crippen LogP contribution in [-0.2, 0) is 0 Å². The maximum absolute atomic E-state index is 13.5. The summed E-state index contributed by atoms with van der Waals surface area (Å²) in [6, 6.07) is 19.3. The molecule has 252 valence electrons. The van der Waals surface area contributed by atoms with Crippen LogP contribution in [0.15, 0.2) is 83.6 Å². The summed E-state index contributed by atoms with van der Waals surface area (Å²) in [6.45, 7) is 12.0. The highest BCUT2D eigenvalue weighted by atomic mass is 16.5. The second kappa shape index (κ2) is 14.1. The average Bonchev–Trinajstić information content (AvgIpc) is 3.35. The lowest BCUT2D eigenvalue weighted by molar-refractivity contribution is 0.171. The smallest absolute Gasteiger partial charge is 0.320 e. The molecule has 4 aromatic rings. The van der Waals surface area contributed by atoms with Crippen LogP contribution in [0.2, 0.25) is 0 Å². The number of nitrogens with zero attached hydrogens (tertiary/aromatic N) is 6. The molecule has 48 heavy (non-hydrogen) atoms. The predicted octanol–water partition coefficient (Wildman–Crippen LogP) is 6.05. The number of benzene rings is 2. The van der Waals surface area contributed by atoms with Crippen LogP contribution in [0.25, 0.3) is 5.65 Å². The molecule has 4 N–H and O–H groups in total. The van der Waals surface area contributed by atoms with Crippen LogP contribution < -0.4 is 26.0 Å². The van der Waals surface area contributed by atoms with Crippen LogP contribution in [0.1, 0.15) is 68.9 Å². The van der Waals surface area contributed by atoms with Gasteiger partial charge in [-0.3, -0.25) is 9.72 Å². The number of fused-ring (bicyclic) bond motifs is 2. The largest absolute Gasteiger partial charge is 0.484 e. The molecule has 2 aromatic heterocycles. The highest BCUT2D eigenvalue weighted by Crippen LogP contribution is 2.39. The number of amidine groups is 1. The number of anilines is 1. The van der Waals surface area contributed by atoms with Crippen LogP contribution in [0.5, 0.6) is 5.75 Å². The molecule has 2 aromatic carbocycles. The molecule has 0 unspecified atom stereocenters. The Labute approximate surface area is 282 Å². The number of ether oxygens (including phenoxy) is 1. The number of urea groups is 1. The highest BCUT2D eigenvalue weighted by molar-refractivity contribution is 6.05. The Hall–Kier alpha value is -4.90. The molecule has 6 rings (SSSR count). The van der Waals surface area contributed by atoms with E-state index in [1.807, 2.05) is 86.8 Å². The minimum Gasteiger partial charge on any atom is -0.484 e. The van der Waals surface area contributed by atoms with E-state index < -0.39 is 0 Å². The second-order valence-corrected chi connectivity index (χ2v) is 13.9. The number of carbonyl (C=O) groups is 1. The number of likely N-dealkylation sites (N-methyl/N-ethyl adjacent to an activating group) is 1. The van der Waals surface area contributed by atoms with E-state index in [1.54, 1.807) is 6.08 Å². The Kier molecular flexibility index (Phi) is 9.68. The fourth-order valence-electron chi connectivity index (χ4n) is 6.11. The number of hydrogen-bond donors (Lipinski definition) is 3. The van der Waals surface area contributed by atoms with E-state index in [2.05, 4.69) is 49.8 Å². The maximum Gasteiger partial charge on any atom is 0.320 e. The van der Waals surface area contributed by atoms with E-state index in [1.165, 1.54) is 0 Å². The van der Waals surface area contributed by atoms with Gasteiger partial charge < -0.3 is 25.6 Å². The molecule has 0 bridgehead atoms. The van der Waals surface area contributed by atoms with Crippen molar-refractivity contribution in [3.63, 3.8) is 0 Å². The van der Waals surface area contributed by atoms with Gasteiger partial charge in [0.05, 0.1) is 17.9 Å². The zero-order chi connectivity index (χ0) is 33.8. The first-order valence-corrected chi connectivity index (χ1v) is 16.8. The molecule has 3 heterocycles. The lowest BCUT2D eigenvalue weighted by atomic mass is 9.85. The van der Waals surface area contributed by atoms with Crippen LogP contribution in [0, 0.1) is 12.3 Å². The molecule has 2 atom stereocenters. The van der Waals surface area contributed by atoms with Crippen LogP contribution in [0.3, 0.4) is 0 Å². The third-order valence-electron chi connectivity index (χ3n) is 9.06. The minimum absolute atomic E-state index is 0.167. The number of aromatic nitrogens is 3. The quantitative estimate of drug-likeness (QED) is 0.172. The molecule has 2 aliphatic rings. The summed E-state index contributed by atoms with van der Waals surface area (Å²) in [4.78, 5) is 22.8. The zero-order valence-electron chi connectivity index (χ0n) is 28.6. The number of nitrogens with one attached hydrogen (secondary N) is 2. The Morgan fingerprint density at radius 3 is 2.52 bits per heavy atom. The molecule has 11 heteroatoms. The van der Waals surface area contributed by atoms with Crippen molar-refractivity contribution >= 4 is 29.1 Å². The van der Waals surface area contributed by atoms with Crippen molar-refractivity contribution in [3.8, 4) is 5.75 Å². The first kappa shape index (κ1) is 33.0. The van der Waals surface area contributed by atoms with Crippen molar-refractivity contribution in [2.24, 2.45) is 16.1 Å². The topological polar surface area (TPSA) is 125 Å². The normalized spacial score (nSPS) is 19.5. The summed E-state index contributed by atoms with van der Waals surface area (Å²) in [6.07, 6.45) is 6.08. The van der Waals surface area contributed by atoms with E-state index >= 15 is 0 Å². The van der Waals surface area contributed by atoms with Gasteiger partial charge in [-0.15, -0.1) is 10.2 Å². The second-order valence-electron chi connectivity index (χ2n) is 13.9. The van der Waals surface area contributed by atoms with Gasteiger partial charge in [0.2, 0.25) is 5.95 Å². The Bertz CT molecular complexity index is 1810. The van der Waals surface area contributed by atoms with Gasteiger partial charge in [-0.1, -0.05) is 62.7 Å². The Morgan fingerprint density at radius 2 is 1.75 bits per heavy atom. The number of allylic oxidation sites excluding steroid dienone is 1. The fourth-order valence-corrected chi connectivity index (χ4v) is 6.11. The lowest BCUT2D eigenvalue weighted by Crippen LogP contribution is -2.42. The van der Waals surface area contributed by atoms with Crippen LogP contribution >= 0.6 is 0 Å². The Morgan fingerprint density at radius 1 is 0.979 bits per heavy atom. The molecule has 0 spiro atoms. The van der Waals surface area contributed by atoms with E-state index in [4.69, 9.17) is 15.5 Å². The number of aliphatic imine (C=N–C) groups is 1. The molecule has 0 saturated carbocycles. The summed E-state index contributed by atoms with van der Waals surface area (Å²) < 4.78 is 8.67. The molecular formula is C37H47N9O2. The number of nitrogens with two attached hydrogens (primary N) is 1. The minimum atomic E-state index is -0.344. The summed E-state index contributed by atoms with van der Waals surface area (Å²) in [5, 5.41) is 15.1. The molecule has 2 amide bonds. The average molecular weight is 650 g/mol. The van der Waals surface area contributed by atoms with E-state index in [0.29, 0.717) is 18.0 Å². The van der Waals surface area contributed by atoms with Gasteiger partial charge in [0.25, 0.3) is 0 Å². The SMILES string of the molecule is Cc1ccc(N=C(C=C(N)C(C)(C)C)NC(=O)N[C@H]2CC[C@@H](Oc3ccc4nnc(N5CCCN(C)CC5)n4c3)c3ccccc32)cc1. The van der Waals surface area contributed by atoms with Crippen molar-refractivity contribution < 1.29 is 9.53 Å². The number of amides is 2. The standard InChI is InChI=1S/C37H47N9O2/c1-25-11-13-26(14-12-25)39-33(23-32(38)37(2,3)4)41-35(47)40-30-16-17-31(29-10-7-6-9-28(29)30)48-27-15-18-34-42-43-36(46(34)24-27)45-20-8-19-44(5)21-22-45/h6-7,9-15,18,23-24,30-31H,8,16-17,19-22,38H2,1-5H3,(H2,39,40,41,47)/t30-,31+/m0/s1. The van der Waals surface area contributed by atoms with Gasteiger partial charge >= 0.3 is 6.03 Å². The number of hydrogen-bond acceptors (Lipinski definition) is 8.